The minimum Gasteiger partial charge on any atom is -0.377 e. The lowest BCUT2D eigenvalue weighted by atomic mass is 9.42. The normalized spacial score (nSPS) is 28.8. The van der Waals surface area contributed by atoms with Gasteiger partial charge in [0.25, 0.3) is 0 Å². The van der Waals surface area contributed by atoms with Crippen molar-refractivity contribution in [3.8, 4) is 0 Å². The Labute approximate surface area is 228 Å². The van der Waals surface area contributed by atoms with E-state index in [1.54, 1.807) is 0 Å². The van der Waals surface area contributed by atoms with Crippen LogP contribution in [0.15, 0.2) is 41.0 Å². The van der Waals surface area contributed by atoms with Gasteiger partial charge in [-0.05, 0) is 89.1 Å². The van der Waals surface area contributed by atoms with E-state index in [4.69, 9.17) is 0 Å². The predicted molar refractivity (Wildman–Crippen MR) is 155 cm³/mol. The number of ketones is 3. The smallest absolute Gasteiger partial charge is 0.190 e. The molecule has 5 nitrogen and oxygen atoms in total. The third-order valence-electron chi connectivity index (χ3n) is 9.99. The molecule has 0 saturated heterocycles. The summed E-state index contributed by atoms with van der Waals surface area (Å²) >= 11 is 0. The van der Waals surface area contributed by atoms with Gasteiger partial charge in [0, 0.05) is 49.4 Å². The van der Waals surface area contributed by atoms with E-state index in [1.807, 2.05) is 40.9 Å². The van der Waals surface area contributed by atoms with Crippen LogP contribution in [0.5, 0.6) is 0 Å². The van der Waals surface area contributed by atoms with Gasteiger partial charge >= 0.3 is 0 Å². The number of hydrogen-bond donors (Lipinski definition) is 0. The fraction of sp³-hybridized carbons (Fsp3) is 0.545. The Morgan fingerprint density at radius 1 is 1.08 bits per heavy atom. The Balaban J connectivity index is 1.99. The Morgan fingerprint density at radius 3 is 2.26 bits per heavy atom. The molecule has 4 rings (SSSR count). The molecule has 0 bridgehead atoms. The van der Waals surface area contributed by atoms with Crippen LogP contribution in [0.3, 0.4) is 0 Å². The van der Waals surface area contributed by atoms with Crippen molar-refractivity contribution in [1.82, 2.24) is 4.90 Å². The van der Waals surface area contributed by atoms with Gasteiger partial charge in [-0.2, -0.15) is 0 Å². The summed E-state index contributed by atoms with van der Waals surface area (Å²) in [7, 11) is 6.14. The number of likely N-dealkylation sites (N-methyl/N-ethyl adjacent to an activating group) is 1. The van der Waals surface area contributed by atoms with Gasteiger partial charge in [0.05, 0.1) is 11.0 Å². The third-order valence-corrected chi connectivity index (χ3v) is 9.99. The fourth-order valence-electron chi connectivity index (χ4n) is 8.15. The van der Waals surface area contributed by atoms with Crippen LogP contribution in [-0.4, -0.2) is 49.9 Å². The number of nitrogens with zero attached hydrogens (tertiary/aromatic N) is 2. The van der Waals surface area contributed by atoms with Crippen molar-refractivity contribution in [3.63, 3.8) is 0 Å². The second-order valence-electron chi connectivity index (χ2n) is 13.1. The molecule has 0 heterocycles. The lowest BCUT2D eigenvalue weighted by molar-refractivity contribution is -0.134. The summed E-state index contributed by atoms with van der Waals surface area (Å²) in [5.41, 5.74) is 6.30. The molecule has 0 N–H and O–H groups in total. The SMILES string of the molecule is C=CCN(C)Cc1cc(N(C)C)c2c(c1C)C(=O)C1=C(C)C3(C)C(=O)C(C(C)=O)=C(C)CC3(C)CC1(C)C2. The molecule has 0 aliphatic heterocycles. The van der Waals surface area contributed by atoms with E-state index < -0.39 is 10.8 Å². The zero-order chi connectivity index (χ0) is 28.5. The van der Waals surface area contributed by atoms with Crippen LogP contribution in [0.25, 0.3) is 0 Å². The quantitative estimate of drug-likeness (QED) is 0.341. The molecule has 3 unspecified atom stereocenters. The first kappa shape index (κ1) is 28.2. The molecule has 3 aliphatic rings. The highest BCUT2D eigenvalue weighted by Crippen LogP contribution is 2.66. The Hall–Kier alpha value is -2.79. The molecule has 1 aromatic carbocycles. The Kier molecular flexibility index (Phi) is 6.80. The molecule has 0 radical (unpaired) electrons. The summed E-state index contributed by atoms with van der Waals surface area (Å²) in [6.45, 7) is 19.2. The highest BCUT2D eigenvalue weighted by atomic mass is 16.2. The summed E-state index contributed by atoms with van der Waals surface area (Å²) in [5, 5.41) is 0. The number of carbonyl (C=O) groups excluding carboxylic acids is 3. The van der Waals surface area contributed by atoms with E-state index in [9.17, 15) is 14.4 Å². The van der Waals surface area contributed by atoms with E-state index in [0.29, 0.717) is 12.0 Å². The summed E-state index contributed by atoms with van der Waals surface area (Å²) in [6, 6.07) is 2.25. The Morgan fingerprint density at radius 2 is 1.71 bits per heavy atom. The number of Topliss-reactive ketones (excluding diaryl/α,β-unsaturated/α-hetero) is 3. The van der Waals surface area contributed by atoms with E-state index in [2.05, 4.69) is 50.3 Å². The second kappa shape index (κ2) is 9.15. The monoisotopic (exact) mass is 516 g/mol. The van der Waals surface area contributed by atoms with Crippen LogP contribution in [0.2, 0.25) is 0 Å². The molecule has 3 aliphatic carbocycles. The molecule has 1 aromatic rings. The van der Waals surface area contributed by atoms with Crippen molar-refractivity contribution < 1.29 is 14.4 Å². The number of carbonyl (C=O) groups is 3. The van der Waals surface area contributed by atoms with Crippen molar-refractivity contribution in [3.05, 3.63) is 63.3 Å². The molecule has 0 fully saturated rings. The van der Waals surface area contributed by atoms with E-state index in [0.717, 1.165) is 70.6 Å². The van der Waals surface area contributed by atoms with Crippen molar-refractivity contribution in [1.29, 1.82) is 0 Å². The Bertz CT molecular complexity index is 1350. The van der Waals surface area contributed by atoms with Crippen LogP contribution < -0.4 is 4.90 Å². The lowest BCUT2D eigenvalue weighted by Crippen LogP contribution is -2.57. The largest absolute Gasteiger partial charge is 0.377 e. The number of rotatable bonds is 6. The van der Waals surface area contributed by atoms with Gasteiger partial charge in [0.1, 0.15) is 0 Å². The first-order valence-corrected chi connectivity index (χ1v) is 13.7. The summed E-state index contributed by atoms with van der Waals surface area (Å²) in [4.78, 5) is 45.6. The molecule has 3 atom stereocenters. The van der Waals surface area contributed by atoms with Crippen molar-refractivity contribution in [2.24, 2.45) is 16.2 Å². The van der Waals surface area contributed by atoms with Gasteiger partial charge in [0.2, 0.25) is 0 Å². The molecule has 5 heteroatoms. The molecular formula is C33H44N2O3. The van der Waals surface area contributed by atoms with Gasteiger partial charge < -0.3 is 4.90 Å². The number of allylic oxidation sites excluding steroid dienone is 4. The highest BCUT2D eigenvalue weighted by molar-refractivity contribution is 6.24. The molecule has 0 amide bonds. The van der Waals surface area contributed by atoms with Gasteiger partial charge in [-0.1, -0.05) is 31.1 Å². The van der Waals surface area contributed by atoms with Crippen LogP contribution >= 0.6 is 0 Å². The van der Waals surface area contributed by atoms with Gasteiger partial charge in [-0.15, -0.1) is 6.58 Å². The van der Waals surface area contributed by atoms with Gasteiger partial charge in [0.15, 0.2) is 17.3 Å². The summed E-state index contributed by atoms with van der Waals surface area (Å²) in [5.74, 6) is -0.249. The van der Waals surface area contributed by atoms with E-state index in [1.165, 1.54) is 6.92 Å². The molecule has 204 valence electrons. The summed E-state index contributed by atoms with van der Waals surface area (Å²) in [6.07, 6.45) is 4.04. The minimum atomic E-state index is -0.893. The van der Waals surface area contributed by atoms with Gasteiger partial charge in [-0.3, -0.25) is 19.3 Å². The maximum atomic E-state index is 14.6. The molecule has 0 saturated carbocycles. The predicted octanol–water partition coefficient (Wildman–Crippen LogP) is 6.04. The topological polar surface area (TPSA) is 57.7 Å². The average Bonchev–Trinajstić information content (AvgIpc) is 2.77. The minimum absolute atomic E-state index is 0.0480. The van der Waals surface area contributed by atoms with E-state index in [-0.39, 0.29) is 22.8 Å². The number of anilines is 1. The number of benzene rings is 1. The van der Waals surface area contributed by atoms with Crippen molar-refractivity contribution in [2.45, 2.75) is 74.3 Å². The highest BCUT2D eigenvalue weighted by Gasteiger charge is 2.63. The average molecular weight is 517 g/mol. The first-order chi connectivity index (χ1) is 17.5. The maximum absolute atomic E-state index is 14.6. The van der Waals surface area contributed by atoms with Crippen molar-refractivity contribution >= 4 is 23.0 Å². The standard InChI is InChI=1S/C33H44N2O3/c1-12-13-35(11)17-23-14-25(34(9)10)24-16-31(6)18-32(7)15-19(2)26(22(5)36)30(38)33(32,8)21(4)28(31)29(37)27(24)20(23)3/h12,14H,1,13,15-18H2,2-11H3. The first-order valence-electron chi connectivity index (χ1n) is 13.7. The van der Waals surface area contributed by atoms with E-state index >= 15 is 0 Å². The third kappa shape index (κ3) is 3.80. The zero-order valence-electron chi connectivity index (χ0n) is 25.0. The molecule has 0 spiro atoms. The fourth-order valence-corrected chi connectivity index (χ4v) is 8.15. The number of fused-ring (bicyclic) bond motifs is 3. The summed E-state index contributed by atoms with van der Waals surface area (Å²) < 4.78 is 0. The number of hydrogen-bond acceptors (Lipinski definition) is 5. The molecular weight excluding hydrogens is 472 g/mol. The molecule has 0 aromatic heterocycles. The van der Waals surface area contributed by atoms with Crippen molar-refractivity contribution in [2.75, 3.05) is 32.6 Å². The van der Waals surface area contributed by atoms with Crippen LogP contribution in [0.4, 0.5) is 5.69 Å². The maximum Gasteiger partial charge on any atom is 0.190 e. The van der Waals surface area contributed by atoms with Crippen LogP contribution in [0, 0.1) is 23.2 Å². The second-order valence-corrected chi connectivity index (χ2v) is 13.1. The van der Waals surface area contributed by atoms with Crippen LogP contribution in [0.1, 0.15) is 81.4 Å². The van der Waals surface area contributed by atoms with Crippen LogP contribution in [-0.2, 0) is 22.6 Å². The zero-order valence-corrected chi connectivity index (χ0v) is 25.0. The lowest BCUT2D eigenvalue weighted by Gasteiger charge is -2.59. The molecule has 38 heavy (non-hydrogen) atoms. The van der Waals surface area contributed by atoms with Gasteiger partial charge in [-0.25, -0.2) is 0 Å².